The van der Waals surface area contributed by atoms with Gasteiger partial charge in [0.2, 0.25) is 0 Å². The predicted molar refractivity (Wildman–Crippen MR) is 113 cm³/mol. The molecule has 1 fully saturated rings. The Kier molecular flexibility index (Phi) is 4.56. The number of fused-ring (bicyclic) bond motifs is 1. The van der Waals surface area contributed by atoms with Crippen LogP contribution in [0.25, 0.3) is 16.7 Å². The predicted octanol–water partition coefficient (Wildman–Crippen LogP) is 2.84. The quantitative estimate of drug-likeness (QED) is 0.526. The van der Waals surface area contributed by atoms with E-state index in [0.717, 1.165) is 58.2 Å². The fraction of sp³-hybridized carbons (Fsp3) is 0.400. The van der Waals surface area contributed by atoms with E-state index in [-0.39, 0.29) is 12.1 Å². The van der Waals surface area contributed by atoms with E-state index in [4.69, 9.17) is 9.97 Å². The SMILES string of the molecule is Cc1cc(Cc2nc(N[C@H]3CC[C@@H](O)C3)c3c(ccn3-c3cnn(C)c3)n2)sn1. The number of hydrogen-bond donors (Lipinski definition) is 2. The van der Waals surface area contributed by atoms with Gasteiger partial charge in [-0.15, -0.1) is 0 Å². The van der Waals surface area contributed by atoms with Crippen molar-refractivity contribution in [2.75, 3.05) is 5.32 Å². The Morgan fingerprint density at radius 3 is 2.90 bits per heavy atom. The van der Waals surface area contributed by atoms with Gasteiger partial charge in [-0.1, -0.05) is 0 Å². The van der Waals surface area contributed by atoms with Crippen LogP contribution in [0, 0.1) is 6.92 Å². The van der Waals surface area contributed by atoms with Gasteiger partial charge in [0, 0.05) is 36.8 Å². The molecule has 0 spiro atoms. The summed E-state index contributed by atoms with van der Waals surface area (Å²) in [5.41, 5.74) is 3.81. The van der Waals surface area contributed by atoms with E-state index < -0.39 is 0 Å². The zero-order valence-corrected chi connectivity index (χ0v) is 17.2. The zero-order chi connectivity index (χ0) is 20.0. The summed E-state index contributed by atoms with van der Waals surface area (Å²) in [5, 5.41) is 17.8. The summed E-state index contributed by atoms with van der Waals surface area (Å²) in [6.45, 7) is 2.00. The molecule has 2 atom stereocenters. The minimum atomic E-state index is -0.241. The number of aromatic nitrogens is 6. The average molecular weight is 410 g/mol. The first-order chi connectivity index (χ1) is 14.0. The second kappa shape index (κ2) is 7.23. The normalized spacial score (nSPS) is 19.3. The third-order valence-corrected chi connectivity index (χ3v) is 6.18. The van der Waals surface area contributed by atoms with E-state index in [9.17, 15) is 5.11 Å². The Morgan fingerprint density at radius 2 is 2.21 bits per heavy atom. The first-order valence-corrected chi connectivity index (χ1v) is 10.6. The lowest BCUT2D eigenvalue weighted by Crippen LogP contribution is -2.19. The molecule has 2 N–H and O–H groups in total. The van der Waals surface area contributed by atoms with Crippen LogP contribution in [-0.4, -0.2) is 45.9 Å². The van der Waals surface area contributed by atoms with Crippen LogP contribution in [0.2, 0.25) is 0 Å². The second-order valence-corrected chi connectivity index (χ2v) is 8.59. The summed E-state index contributed by atoms with van der Waals surface area (Å²) in [5.74, 6) is 1.57. The van der Waals surface area contributed by atoms with E-state index in [0.29, 0.717) is 6.42 Å². The molecule has 0 radical (unpaired) electrons. The van der Waals surface area contributed by atoms with Crippen molar-refractivity contribution in [3.8, 4) is 5.69 Å². The van der Waals surface area contributed by atoms with Crippen molar-refractivity contribution < 1.29 is 5.11 Å². The number of nitrogens with one attached hydrogen (secondary N) is 1. The molecule has 0 bridgehead atoms. The third-order valence-electron chi connectivity index (χ3n) is 5.30. The number of anilines is 1. The Morgan fingerprint density at radius 1 is 1.31 bits per heavy atom. The highest BCUT2D eigenvalue weighted by Gasteiger charge is 2.25. The number of nitrogens with zero attached hydrogens (tertiary/aromatic N) is 6. The fourth-order valence-electron chi connectivity index (χ4n) is 3.96. The van der Waals surface area contributed by atoms with E-state index in [1.807, 2.05) is 38.6 Å². The second-order valence-electron chi connectivity index (χ2n) is 7.70. The van der Waals surface area contributed by atoms with Crippen molar-refractivity contribution in [1.29, 1.82) is 0 Å². The van der Waals surface area contributed by atoms with Gasteiger partial charge in [-0.25, -0.2) is 9.97 Å². The monoisotopic (exact) mass is 409 g/mol. The highest BCUT2D eigenvalue weighted by Crippen LogP contribution is 2.29. The zero-order valence-electron chi connectivity index (χ0n) is 16.4. The first-order valence-electron chi connectivity index (χ1n) is 9.79. The van der Waals surface area contributed by atoms with E-state index >= 15 is 0 Å². The molecule has 5 rings (SSSR count). The smallest absolute Gasteiger partial charge is 0.154 e. The minimum Gasteiger partial charge on any atom is -0.393 e. The maximum atomic E-state index is 9.94. The largest absolute Gasteiger partial charge is 0.393 e. The molecule has 0 amide bonds. The van der Waals surface area contributed by atoms with Crippen molar-refractivity contribution in [2.45, 2.75) is 44.8 Å². The van der Waals surface area contributed by atoms with Crippen molar-refractivity contribution in [1.82, 2.24) is 28.7 Å². The summed E-state index contributed by atoms with van der Waals surface area (Å²) in [6, 6.07) is 4.30. The summed E-state index contributed by atoms with van der Waals surface area (Å²) in [4.78, 5) is 10.8. The average Bonchev–Trinajstić information content (AvgIpc) is 3.44. The van der Waals surface area contributed by atoms with E-state index in [1.54, 1.807) is 4.68 Å². The molecule has 150 valence electrons. The van der Waals surface area contributed by atoms with Gasteiger partial charge in [0.05, 0.1) is 29.2 Å². The molecule has 1 aliphatic rings. The molecule has 1 aliphatic carbocycles. The van der Waals surface area contributed by atoms with Gasteiger partial charge in [0.15, 0.2) is 5.82 Å². The van der Waals surface area contributed by atoms with E-state index in [2.05, 4.69) is 25.4 Å². The fourth-order valence-corrected chi connectivity index (χ4v) is 4.69. The maximum absolute atomic E-state index is 9.94. The van der Waals surface area contributed by atoms with Crippen molar-refractivity contribution in [2.24, 2.45) is 7.05 Å². The molecule has 0 saturated heterocycles. The Labute approximate surface area is 172 Å². The van der Waals surface area contributed by atoms with Crippen LogP contribution in [0.3, 0.4) is 0 Å². The topological polar surface area (TPSA) is 93.7 Å². The molecule has 8 nitrogen and oxygen atoms in total. The molecule has 0 unspecified atom stereocenters. The Hall–Kier alpha value is -2.78. The van der Waals surface area contributed by atoms with Crippen molar-refractivity contribution >= 4 is 28.4 Å². The third kappa shape index (κ3) is 3.63. The van der Waals surface area contributed by atoms with Gasteiger partial charge in [-0.3, -0.25) is 4.68 Å². The highest BCUT2D eigenvalue weighted by atomic mass is 32.1. The van der Waals surface area contributed by atoms with Crippen LogP contribution in [0.4, 0.5) is 5.82 Å². The molecule has 4 heterocycles. The number of aliphatic hydroxyl groups excluding tert-OH is 1. The minimum absolute atomic E-state index is 0.207. The van der Waals surface area contributed by atoms with Crippen LogP contribution in [-0.2, 0) is 13.5 Å². The molecule has 4 aromatic rings. The molecular weight excluding hydrogens is 386 g/mol. The molecule has 4 aromatic heterocycles. The summed E-state index contributed by atoms with van der Waals surface area (Å²) in [7, 11) is 1.90. The number of rotatable bonds is 5. The maximum Gasteiger partial charge on any atom is 0.154 e. The van der Waals surface area contributed by atoms with Crippen LogP contribution in [0.1, 0.15) is 35.7 Å². The lowest BCUT2D eigenvalue weighted by Gasteiger charge is -2.16. The summed E-state index contributed by atoms with van der Waals surface area (Å²) < 4.78 is 8.21. The highest BCUT2D eigenvalue weighted by molar-refractivity contribution is 7.05. The lowest BCUT2D eigenvalue weighted by atomic mass is 10.2. The van der Waals surface area contributed by atoms with Crippen LogP contribution in [0.5, 0.6) is 0 Å². The van der Waals surface area contributed by atoms with Gasteiger partial charge >= 0.3 is 0 Å². The van der Waals surface area contributed by atoms with E-state index in [1.165, 1.54) is 11.5 Å². The lowest BCUT2D eigenvalue weighted by molar-refractivity contribution is 0.182. The molecular formula is C20H23N7OS. The number of aryl methyl sites for hydroxylation is 2. The number of hydrogen-bond acceptors (Lipinski definition) is 7. The first kappa shape index (κ1) is 18.3. The molecule has 9 heteroatoms. The van der Waals surface area contributed by atoms with Crippen LogP contribution in [0.15, 0.2) is 30.7 Å². The van der Waals surface area contributed by atoms with Gasteiger partial charge in [0.1, 0.15) is 11.3 Å². The molecule has 29 heavy (non-hydrogen) atoms. The van der Waals surface area contributed by atoms with Gasteiger partial charge < -0.3 is 15.0 Å². The molecule has 0 aromatic carbocycles. The van der Waals surface area contributed by atoms with Crippen molar-refractivity contribution in [3.63, 3.8) is 0 Å². The number of aliphatic hydroxyl groups is 1. The molecule has 1 saturated carbocycles. The molecule has 0 aliphatic heterocycles. The summed E-state index contributed by atoms with van der Waals surface area (Å²) in [6.07, 6.45) is 8.71. The van der Waals surface area contributed by atoms with Gasteiger partial charge in [0.25, 0.3) is 0 Å². The van der Waals surface area contributed by atoms with Crippen LogP contribution >= 0.6 is 11.5 Å². The van der Waals surface area contributed by atoms with Crippen LogP contribution < -0.4 is 5.32 Å². The standard InChI is InChI=1S/C20H23N7OS/c1-12-7-16(29-25-12)9-18-23-17-5-6-27(14-10-21-26(2)11-14)19(17)20(24-18)22-13-3-4-15(28)8-13/h5-7,10-11,13,15,28H,3-4,8-9H2,1-2H3,(H,22,23,24)/t13-,15+/m0/s1. The van der Waals surface area contributed by atoms with Gasteiger partial charge in [-0.2, -0.15) is 9.47 Å². The Bertz CT molecular complexity index is 1160. The summed E-state index contributed by atoms with van der Waals surface area (Å²) >= 11 is 1.49. The Balaban J connectivity index is 1.58. The van der Waals surface area contributed by atoms with Crippen molar-refractivity contribution in [3.05, 3.63) is 47.1 Å². The van der Waals surface area contributed by atoms with Gasteiger partial charge in [-0.05, 0) is 49.9 Å².